The summed E-state index contributed by atoms with van der Waals surface area (Å²) in [5.74, 6) is 0.622. The van der Waals surface area contributed by atoms with Crippen molar-refractivity contribution in [1.29, 1.82) is 0 Å². The number of para-hydroxylation sites is 1. The van der Waals surface area contributed by atoms with Gasteiger partial charge in [0.2, 0.25) is 5.91 Å². The minimum Gasteiger partial charge on any atom is -0.354 e. The van der Waals surface area contributed by atoms with Gasteiger partial charge in [-0.2, -0.15) is 0 Å². The number of benzene rings is 1. The maximum Gasteiger partial charge on any atom is 0.324 e. The Morgan fingerprint density at radius 3 is 2.73 bits per heavy atom. The van der Waals surface area contributed by atoms with Gasteiger partial charge in [-0.05, 0) is 24.5 Å². The molecule has 3 aliphatic rings. The number of rotatable bonds is 3. The maximum absolute atomic E-state index is 11.7. The number of hydrogen-bond acceptors (Lipinski definition) is 3. The summed E-state index contributed by atoms with van der Waals surface area (Å²) in [5.41, 5.74) is 2.88. The van der Waals surface area contributed by atoms with Gasteiger partial charge in [0.05, 0.1) is 6.54 Å². The van der Waals surface area contributed by atoms with Gasteiger partial charge >= 0.3 is 6.03 Å². The van der Waals surface area contributed by atoms with E-state index in [1.54, 1.807) is 7.05 Å². The first-order valence-corrected chi connectivity index (χ1v) is 9.30. The van der Waals surface area contributed by atoms with E-state index in [2.05, 4.69) is 44.8 Å². The van der Waals surface area contributed by atoms with Gasteiger partial charge in [0.25, 0.3) is 0 Å². The molecular formula is C19H25N5O2. The van der Waals surface area contributed by atoms with E-state index in [0.29, 0.717) is 13.1 Å². The summed E-state index contributed by atoms with van der Waals surface area (Å²) >= 11 is 0. The minimum atomic E-state index is -0.316. The molecule has 0 bridgehead atoms. The van der Waals surface area contributed by atoms with Crippen LogP contribution >= 0.6 is 0 Å². The van der Waals surface area contributed by atoms with E-state index in [0.717, 1.165) is 12.5 Å². The minimum absolute atomic E-state index is 0.0928. The van der Waals surface area contributed by atoms with Crippen molar-refractivity contribution in [1.82, 2.24) is 15.5 Å². The number of urea groups is 1. The van der Waals surface area contributed by atoms with Gasteiger partial charge in [-0.1, -0.05) is 31.0 Å². The zero-order valence-electron chi connectivity index (χ0n) is 15.1. The van der Waals surface area contributed by atoms with Gasteiger partial charge in [-0.15, -0.1) is 0 Å². The summed E-state index contributed by atoms with van der Waals surface area (Å²) in [6, 6.07) is 8.29. The lowest BCUT2D eigenvalue weighted by atomic mass is 9.81. The highest BCUT2D eigenvalue weighted by Crippen LogP contribution is 2.50. The summed E-state index contributed by atoms with van der Waals surface area (Å²) < 4.78 is 0. The van der Waals surface area contributed by atoms with E-state index >= 15 is 0 Å². The lowest BCUT2D eigenvalue weighted by Gasteiger charge is -2.27. The highest BCUT2D eigenvalue weighted by molar-refractivity contribution is 6.02. The van der Waals surface area contributed by atoms with E-state index in [9.17, 15) is 9.59 Å². The van der Waals surface area contributed by atoms with Gasteiger partial charge in [0.1, 0.15) is 0 Å². The number of guanidine groups is 1. The number of hydrogen-bond donors (Lipinski definition) is 2. The van der Waals surface area contributed by atoms with Crippen molar-refractivity contribution in [3.8, 4) is 0 Å². The average Bonchev–Trinajstić information content (AvgIpc) is 3.34. The van der Waals surface area contributed by atoms with Gasteiger partial charge in [-0.3, -0.25) is 14.7 Å². The SMILES string of the molecule is CN=C(NCCN1C(=O)CNC1=O)N1CC2(CCCC2)c2ccccc21. The summed E-state index contributed by atoms with van der Waals surface area (Å²) in [7, 11) is 1.78. The predicted octanol–water partition coefficient (Wildman–Crippen LogP) is 1.45. The normalized spacial score (nSPS) is 21.5. The smallest absolute Gasteiger partial charge is 0.324 e. The predicted molar refractivity (Wildman–Crippen MR) is 100 cm³/mol. The van der Waals surface area contributed by atoms with Gasteiger partial charge in [0, 0.05) is 37.8 Å². The number of nitrogens with one attached hydrogen (secondary N) is 2. The zero-order chi connectivity index (χ0) is 18.1. The van der Waals surface area contributed by atoms with Crippen molar-refractivity contribution < 1.29 is 9.59 Å². The molecule has 0 unspecified atom stereocenters. The highest BCUT2D eigenvalue weighted by Gasteiger charge is 2.45. The quantitative estimate of drug-likeness (QED) is 0.489. The third-order valence-electron chi connectivity index (χ3n) is 5.81. The monoisotopic (exact) mass is 355 g/mol. The number of imide groups is 1. The van der Waals surface area contributed by atoms with Crippen molar-refractivity contribution in [2.75, 3.05) is 38.1 Å². The fraction of sp³-hybridized carbons (Fsp3) is 0.526. The summed E-state index contributed by atoms with van der Waals surface area (Å²) in [6.07, 6.45) is 5.00. The van der Waals surface area contributed by atoms with Crippen LogP contribution < -0.4 is 15.5 Å². The Morgan fingerprint density at radius 1 is 1.27 bits per heavy atom. The molecule has 0 radical (unpaired) electrons. The zero-order valence-corrected chi connectivity index (χ0v) is 15.1. The number of amides is 3. The average molecular weight is 355 g/mol. The Labute approximate surface area is 153 Å². The van der Waals surface area contributed by atoms with Crippen molar-refractivity contribution in [2.45, 2.75) is 31.1 Å². The summed E-state index contributed by atoms with van der Waals surface area (Å²) in [5, 5.41) is 5.87. The fourth-order valence-corrected chi connectivity index (χ4v) is 4.55. The molecule has 1 aromatic carbocycles. The van der Waals surface area contributed by atoms with Crippen LogP contribution in [0.5, 0.6) is 0 Å². The molecule has 2 heterocycles. The Hall–Kier alpha value is -2.57. The second-order valence-electron chi connectivity index (χ2n) is 7.27. The molecule has 0 atom stereocenters. The molecule has 2 aliphatic heterocycles. The standard InChI is InChI=1S/C19H25N5O2/c1-20-17(21-10-11-23-16(25)12-22-18(23)26)24-13-19(8-4-5-9-19)14-6-2-3-7-15(14)24/h2-3,6-7H,4-5,8-13H2,1H3,(H,20,21)(H,22,26). The van der Waals surface area contributed by atoms with Crippen LogP contribution in [0, 0.1) is 0 Å². The second-order valence-corrected chi connectivity index (χ2v) is 7.27. The van der Waals surface area contributed by atoms with Crippen LogP contribution in [0.15, 0.2) is 29.3 Å². The first kappa shape index (κ1) is 16.9. The Kier molecular flexibility index (Phi) is 4.30. The van der Waals surface area contributed by atoms with Gasteiger partial charge in [-0.25, -0.2) is 4.79 Å². The van der Waals surface area contributed by atoms with Crippen LogP contribution in [0.25, 0.3) is 0 Å². The number of carbonyl (C=O) groups excluding carboxylic acids is 2. The second kappa shape index (κ2) is 6.63. The van der Waals surface area contributed by atoms with Crippen molar-refractivity contribution in [3.05, 3.63) is 29.8 Å². The molecule has 26 heavy (non-hydrogen) atoms. The molecule has 138 valence electrons. The van der Waals surface area contributed by atoms with Gasteiger partial charge in [0.15, 0.2) is 5.96 Å². The Morgan fingerprint density at radius 2 is 2.04 bits per heavy atom. The molecule has 2 N–H and O–H groups in total. The molecule has 1 aliphatic carbocycles. The number of carbonyl (C=O) groups is 2. The van der Waals surface area contributed by atoms with E-state index in [1.807, 2.05) is 0 Å². The van der Waals surface area contributed by atoms with Crippen LogP contribution in [-0.4, -0.2) is 56.0 Å². The molecule has 1 aromatic rings. The van der Waals surface area contributed by atoms with Crippen LogP contribution in [0.3, 0.4) is 0 Å². The number of fused-ring (bicyclic) bond motifs is 2. The van der Waals surface area contributed by atoms with Crippen molar-refractivity contribution in [3.63, 3.8) is 0 Å². The van der Waals surface area contributed by atoms with Crippen molar-refractivity contribution in [2.24, 2.45) is 4.99 Å². The fourth-order valence-electron chi connectivity index (χ4n) is 4.55. The summed E-state index contributed by atoms with van der Waals surface area (Å²) in [6.45, 7) is 1.85. The molecule has 7 heteroatoms. The number of nitrogens with zero attached hydrogens (tertiary/aromatic N) is 3. The third kappa shape index (κ3) is 2.71. The van der Waals surface area contributed by atoms with E-state index in [1.165, 1.54) is 41.8 Å². The van der Waals surface area contributed by atoms with E-state index in [4.69, 9.17) is 0 Å². The van der Waals surface area contributed by atoms with Crippen LogP contribution in [0.1, 0.15) is 31.2 Å². The first-order valence-electron chi connectivity index (χ1n) is 9.30. The maximum atomic E-state index is 11.7. The third-order valence-corrected chi connectivity index (χ3v) is 5.81. The molecule has 4 rings (SSSR count). The molecule has 7 nitrogen and oxygen atoms in total. The number of anilines is 1. The first-order chi connectivity index (χ1) is 12.6. The lowest BCUT2D eigenvalue weighted by Crippen LogP contribution is -2.46. The van der Waals surface area contributed by atoms with E-state index < -0.39 is 0 Å². The van der Waals surface area contributed by atoms with Crippen molar-refractivity contribution >= 4 is 23.6 Å². The molecular weight excluding hydrogens is 330 g/mol. The molecule has 2 fully saturated rings. The molecule has 1 saturated heterocycles. The Bertz CT molecular complexity index is 738. The molecule has 1 spiro atoms. The lowest BCUT2D eigenvalue weighted by molar-refractivity contribution is -0.124. The van der Waals surface area contributed by atoms with E-state index in [-0.39, 0.29) is 23.9 Å². The van der Waals surface area contributed by atoms with Crippen LogP contribution in [0.4, 0.5) is 10.5 Å². The number of aliphatic imine (C=N–C) groups is 1. The molecule has 3 amide bonds. The van der Waals surface area contributed by atoms with Gasteiger partial charge < -0.3 is 15.5 Å². The van der Waals surface area contributed by atoms with Crippen LogP contribution in [-0.2, 0) is 10.2 Å². The Balaban J connectivity index is 1.47. The topological polar surface area (TPSA) is 77.0 Å². The molecule has 0 aromatic heterocycles. The molecule has 1 saturated carbocycles. The van der Waals surface area contributed by atoms with Crippen LogP contribution in [0.2, 0.25) is 0 Å². The highest BCUT2D eigenvalue weighted by atomic mass is 16.2. The summed E-state index contributed by atoms with van der Waals surface area (Å²) in [4.78, 5) is 31.3. The largest absolute Gasteiger partial charge is 0.354 e.